The summed E-state index contributed by atoms with van der Waals surface area (Å²) in [5, 5.41) is 3.59. The summed E-state index contributed by atoms with van der Waals surface area (Å²) >= 11 is 0. The van der Waals surface area contributed by atoms with Gasteiger partial charge in [0.1, 0.15) is 0 Å². The lowest BCUT2D eigenvalue weighted by Gasteiger charge is -2.28. The van der Waals surface area contributed by atoms with Crippen LogP contribution in [-0.4, -0.2) is 17.9 Å². The molecule has 0 spiro atoms. The normalized spacial score (nSPS) is 32.9. The van der Waals surface area contributed by atoms with Crippen LogP contribution >= 0.6 is 0 Å². The topological polar surface area (TPSA) is 42.2 Å². The summed E-state index contributed by atoms with van der Waals surface area (Å²) < 4.78 is 5.14. The average Bonchev–Trinajstić information content (AvgIpc) is 2.88. The van der Waals surface area contributed by atoms with Crippen LogP contribution in [-0.2, 0) is 0 Å². The average molecular weight is 219 g/mol. The van der Waals surface area contributed by atoms with Gasteiger partial charge < -0.3 is 9.73 Å². The fourth-order valence-corrected chi connectivity index (χ4v) is 3.14. The molecule has 1 N–H and O–H groups in total. The minimum atomic E-state index is 0.163. The zero-order valence-electron chi connectivity index (χ0n) is 9.32. The van der Waals surface area contributed by atoms with Crippen molar-refractivity contribution >= 4 is 5.78 Å². The highest BCUT2D eigenvalue weighted by Gasteiger charge is 2.34. The van der Waals surface area contributed by atoms with E-state index in [2.05, 4.69) is 5.32 Å². The number of fused-ring (bicyclic) bond motifs is 2. The lowest BCUT2D eigenvalue weighted by molar-refractivity contribution is 0.0918. The summed E-state index contributed by atoms with van der Waals surface area (Å²) in [7, 11) is 0. The maximum atomic E-state index is 11.9. The minimum absolute atomic E-state index is 0.163. The largest absolute Gasteiger partial charge is 0.461 e. The highest BCUT2D eigenvalue weighted by Crippen LogP contribution is 2.33. The van der Waals surface area contributed by atoms with E-state index >= 15 is 0 Å². The fourth-order valence-electron chi connectivity index (χ4n) is 3.14. The molecule has 2 saturated heterocycles. The van der Waals surface area contributed by atoms with E-state index in [1.165, 1.54) is 12.8 Å². The van der Waals surface area contributed by atoms with E-state index in [9.17, 15) is 4.79 Å². The van der Waals surface area contributed by atoms with Gasteiger partial charge >= 0.3 is 0 Å². The Bertz CT molecular complexity index is 359. The van der Waals surface area contributed by atoms with Crippen LogP contribution in [0.2, 0.25) is 0 Å². The number of ketones is 1. The van der Waals surface area contributed by atoms with Crippen LogP contribution < -0.4 is 5.32 Å². The molecule has 2 atom stereocenters. The van der Waals surface area contributed by atoms with Gasteiger partial charge in [0.2, 0.25) is 0 Å². The molecule has 1 aromatic rings. The molecule has 2 aliphatic heterocycles. The second-order valence-corrected chi connectivity index (χ2v) is 5.08. The number of rotatable bonds is 3. The van der Waals surface area contributed by atoms with E-state index in [1.807, 2.05) is 0 Å². The molecule has 2 unspecified atom stereocenters. The summed E-state index contributed by atoms with van der Waals surface area (Å²) in [5.74, 6) is 1.23. The maximum absolute atomic E-state index is 11.9. The molecular weight excluding hydrogens is 202 g/mol. The van der Waals surface area contributed by atoms with Gasteiger partial charge in [-0.15, -0.1) is 0 Å². The van der Waals surface area contributed by atoms with Gasteiger partial charge in [-0.05, 0) is 43.7 Å². The predicted octanol–water partition coefficient (Wildman–Crippen LogP) is 2.38. The van der Waals surface area contributed by atoms with Crippen molar-refractivity contribution in [1.29, 1.82) is 0 Å². The Kier molecular flexibility index (Phi) is 2.56. The molecule has 2 aliphatic rings. The van der Waals surface area contributed by atoms with Crippen LogP contribution in [0.3, 0.4) is 0 Å². The number of hydrogen-bond donors (Lipinski definition) is 1. The van der Waals surface area contributed by atoms with E-state index < -0.39 is 0 Å². The Morgan fingerprint density at radius 3 is 2.75 bits per heavy atom. The number of carbonyl (C=O) groups is 1. The van der Waals surface area contributed by atoms with Crippen LogP contribution in [0.4, 0.5) is 0 Å². The highest BCUT2D eigenvalue weighted by molar-refractivity contribution is 5.93. The molecule has 3 heteroatoms. The van der Waals surface area contributed by atoms with Crippen LogP contribution in [0.5, 0.6) is 0 Å². The summed E-state index contributed by atoms with van der Waals surface area (Å²) in [6.07, 6.45) is 7.11. The molecule has 16 heavy (non-hydrogen) atoms. The quantitative estimate of drug-likeness (QED) is 0.794. The number of piperidine rings is 1. The smallest absolute Gasteiger partial charge is 0.198 e. The van der Waals surface area contributed by atoms with E-state index in [-0.39, 0.29) is 5.78 Å². The first-order valence-electron chi connectivity index (χ1n) is 6.14. The Labute approximate surface area is 95.2 Å². The molecule has 0 amide bonds. The van der Waals surface area contributed by atoms with Crippen molar-refractivity contribution in [3.63, 3.8) is 0 Å². The number of carbonyl (C=O) groups excluding carboxylic acids is 1. The first-order valence-corrected chi connectivity index (χ1v) is 6.14. The van der Waals surface area contributed by atoms with Crippen molar-refractivity contribution in [2.45, 2.75) is 44.2 Å². The van der Waals surface area contributed by atoms with Crippen molar-refractivity contribution < 1.29 is 9.21 Å². The van der Waals surface area contributed by atoms with E-state index in [0.717, 1.165) is 12.8 Å². The lowest BCUT2D eigenvalue weighted by Crippen LogP contribution is -2.38. The molecule has 0 saturated carbocycles. The Hall–Kier alpha value is -1.09. The summed E-state index contributed by atoms with van der Waals surface area (Å²) in [4.78, 5) is 11.9. The van der Waals surface area contributed by atoms with Gasteiger partial charge in [-0.25, -0.2) is 0 Å². The Morgan fingerprint density at radius 2 is 2.12 bits per heavy atom. The summed E-state index contributed by atoms with van der Waals surface area (Å²) in [6, 6.07) is 4.86. The Morgan fingerprint density at radius 1 is 1.38 bits per heavy atom. The lowest BCUT2D eigenvalue weighted by atomic mass is 9.88. The second-order valence-electron chi connectivity index (χ2n) is 5.08. The van der Waals surface area contributed by atoms with E-state index in [1.54, 1.807) is 18.4 Å². The minimum Gasteiger partial charge on any atom is -0.461 e. The van der Waals surface area contributed by atoms with E-state index in [4.69, 9.17) is 4.42 Å². The van der Waals surface area contributed by atoms with Gasteiger partial charge in [0.25, 0.3) is 0 Å². The van der Waals surface area contributed by atoms with Crippen molar-refractivity contribution in [3.8, 4) is 0 Å². The van der Waals surface area contributed by atoms with Crippen molar-refractivity contribution in [3.05, 3.63) is 24.2 Å². The zero-order valence-corrected chi connectivity index (χ0v) is 9.32. The third-order valence-corrected chi connectivity index (χ3v) is 3.84. The van der Waals surface area contributed by atoms with Crippen LogP contribution in [0.1, 0.15) is 42.7 Å². The molecular formula is C13H17NO2. The van der Waals surface area contributed by atoms with Gasteiger partial charge in [-0.3, -0.25) is 4.79 Å². The van der Waals surface area contributed by atoms with Crippen molar-refractivity contribution in [2.75, 3.05) is 0 Å². The van der Waals surface area contributed by atoms with Gasteiger partial charge in [-0.2, -0.15) is 0 Å². The fraction of sp³-hybridized carbons (Fsp3) is 0.615. The van der Waals surface area contributed by atoms with Crippen LogP contribution in [0, 0.1) is 5.92 Å². The molecule has 3 heterocycles. The van der Waals surface area contributed by atoms with Gasteiger partial charge in [-0.1, -0.05) is 0 Å². The van der Waals surface area contributed by atoms with E-state index in [0.29, 0.717) is 30.2 Å². The molecule has 2 bridgehead atoms. The molecule has 3 rings (SSSR count). The van der Waals surface area contributed by atoms with Gasteiger partial charge in [0, 0.05) is 18.5 Å². The predicted molar refractivity (Wildman–Crippen MR) is 60.3 cm³/mol. The van der Waals surface area contributed by atoms with Gasteiger partial charge in [0.15, 0.2) is 11.5 Å². The standard InChI is InChI=1S/C13H17NO2/c15-12(13-2-1-5-16-13)8-9-6-10-3-4-11(7-9)14-10/h1-2,5,9-11,14H,3-4,6-8H2. The zero-order chi connectivity index (χ0) is 11.0. The number of hydrogen-bond acceptors (Lipinski definition) is 3. The molecule has 1 aromatic heterocycles. The maximum Gasteiger partial charge on any atom is 0.198 e. The number of Topliss-reactive ketones (excluding diaryl/α,β-unsaturated/α-hetero) is 1. The molecule has 2 fully saturated rings. The van der Waals surface area contributed by atoms with Gasteiger partial charge in [0.05, 0.1) is 6.26 Å². The molecule has 3 nitrogen and oxygen atoms in total. The molecule has 0 radical (unpaired) electrons. The number of furan rings is 1. The summed E-state index contributed by atoms with van der Waals surface area (Å²) in [5.41, 5.74) is 0. The third kappa shape index (κ3) is 1.92. The van der Waals surface area contributed by atoms with Crippen molar-refractivity contribution in [2.24, 2.45) is 5.92 Å². The first-order chi connectivity index (χ1) is 7.81. The van der Waals surface area contributed by atoms with Crippen LogP contribution in [0.15, 0.2) is 22.8 Å². The van der Waals surface area contributed by atoms with Crippen LogP contribution in [0.25, 0.3) is 0 Å². The molecule has 0 aromatic carbocycles. The Balaban J connectivity index is 1.61. The summed E-state index contributed by atoms with van der Waals surface area (Å²) in [6.45, 7) is 0. The molecule has 0 aliphatic carbocycles. The molecule has 86 valence electrons. The SMILES string of the molecule is O=C(CC1CC2CCC(C1)N2)c1ccco1. The monoisotopic (exact) mass is 219 g/mol. The second kappa shape index (κ2) is 4.06. The number of nitrogens with one attached hydrogen (secondary N) is 1. The van der Waals surface area contributed by atoms with Crippen molar-refractivity contribution in [1.82, 2.24) is 5.32 Å². The third-order valence-electron chi connectivity index (χ3n) is 3.84. The highest BCUT2D eigenvalue weighted by atomic mass is 16.3. The first kappa shape index (κ1) is 10.1.